The molecule has 1 aromatic heterocycles. The second-order valence-electron chi connectivity index (χ2n) is 1.33. The van der Waals surface area contributed by atoms with Gasteiger partial charge in [0.2, 0.25) is 0 Å². The van der Waals surface area contributed by atoms with Gasteiger partial charge in [-0.1, -0.05) is 0 Å². The quantitative estimate of drug-likeness (QED) is 0.472. The molecule has 0 aliphatic carbocycles. The summed E-state index contributed by atoms with van der Waals surface area (Å²) in [4.78, 5) is 6.72. The van der Waals surface area contributed by atoms with Crippen molar-refractivity contribution in [2.24, 2.45) is 0 Å². The van der Waals surface area contributed by atoms with E-state index in [1.165, 1.54) is 6.20 Å². The van der Waals surface area contributed by atoms with Crippen molar-refractivity contribution in [2.45, 2.75) is 6.92 Å². The van der Waals surface area contributed by atoms with Crippen LogP contribution in [0.3, 0.4) is 0 Å². The smallest absolute Gasteiger partial charge is 0.365 e. The van der Waals surface area contributed by atoms with E-state index in [9.17, 15) is 0 Å². The first-order valence-electron chi connectivity index (χ1n) is 2.13. The van der Waals surface area contributed by atoms with Gasteiger partial charge in [0.15, 0.2) is 5.89 Å². The van der Waals surface area contributed by atoms with Gasteiger partial charge in [-0.15, -0.1) is 0 Å². The van der Waals surface area contributed by atoms with Crippen molar-refractivity contribution >= 4 is 5.88 Å². The Morgan fingerprint density at radius 3 is 2.88 bits per heavy atom. The second kappa shape index (κ2) is 1.66. The Balaban J connectivity index is 3.05. The monoisotopic (exact) mass is 108 g/mol. The summed E-state index contributed by atoms with van der Waals surface area (Å²) < 4.78 is 4.77. The summed E-state index contributed by atoms with van der Waals surface area (Å²) in [5.74, 6) is 0.790. The summed E-state index contributed by atoms with van der Waals surface area (Å²) in [5, 5.41) is 0. The van der Waals surface area contributed by atoms with Gasteiger partial charge >= 0.3 is 5.88 Å². The zero-order valence-electron chi connectivity index (χ0n) is 4.38. The lowest BCUT2D eigenvalue weighted by atomic mass is 10.8. The minimum absolute atomic E-state index is 0.252. The van der Waals surface area contributed by atoms with Crippen molar-refractivity contribution in [3.8, 4) is 0 Å². The van der Waals surface area contributed by atoms with Crippen LogP contribution in [0, 0.1) is 13.5 Å². The number of aromatic nitrogens is 1. The van der Waals surface area contributed by atoms with E-state index in [1.807, 2.05) is 0 Å². The van der Waals surface area contributed by atoms with Crippen molar-refractivity contribution in [3.63, 3.8) is 0 Å². The van der Waals surface area contributed by atoms with Gasteiger partial charge in [0.25, 0.3) is 0 Å². The Bertz CT molecular complexity index is 221. The van der Waals surface area contributed by atoms with Crippen molar-refractivity contribution in [1.82, 2.24) is 4.98 Å². The van der Waals surface area contributed by atoms with Crippen LogP contribution >= 0.6 is 0 Å². The number of rotatable bonds is 0. The molecular weight excluding hydrogens is 104 g/mol. The second-order valence-corrected chi connectivity index (χ2v) is 1.33. The van der Waals surface area contributed by atoms with Crippen LogP contribution in [0.2, 0.25) is 0 Å². The summed E-state index contributed by atoms with van der Waals surface area (Å²) in [6, 6.07) is 0. The van der Waals surface area contributed by atoms with Crippen molar-refractivity contribution in [2.75, 3.05) is 0 Å². The van der Waals surface area contributed by atoms with E-state index in [0.717, 1.165) is 0 Å². The Morgan fingerprint density at radius 2 is 2.62 bits per heavy atom. The van der Waals surface area contributed by atoms with Gasteiger partial charge in [-0.25, -0.2) is 4.98 Å². The van der Waals surface area contributed by atoms with Crippen LogP contribution in [0.15, 0.2) is 10.6 Å². The molecule has 1 heterocycles. The van der Waals surface area contributed by atoms with Gasteiger partial charge in [-0.05, 0) is 0 Å². The molecule has 0 atom stereocenters. The Morgan fingerprint density at radius 1 is 1.88 bits per heavy atom. The van der Waals surface area contributed by atoms with Crippen molar-refractivity contribution in [3.05, 3.63) is 23.5 Å². The van der Waals surface area contributed by atoms with Gasteiger partial charge in [-0.3, -0.25) is 0 Å². The molecule has 1 rings (SSSR count). The number of hydrogen-bond acceptors (Lipinski definition) is 2. The molecule has 0 N–H and O–H groups in total. The van der Waals surface area contributed by atoms with Crippen LogP contribution in [-0.4, -0.2) is 4.98 Å². The lowest BCUT2D eigenvalue weighted by Gasteiger charge is -1.73. The first-order chi connectivity index (χ1) is 3.83. The fourth-order valence-corrected chi connectivity index (χ4v) is 0.402. The molecule has 0 aliphatic heterocycles. The van der Waals surface area contributed by atoms with Crippen LogP contribution in [0.5, 0.6) is 0 Å². The molecule has 0 amide bonds. The lowest BCUT2D eigenvalue weighted by Crippen LogP contribution is -1.59. The van der Waals surface area contributed by atoms with Gasteiger partial charge in [-0.2, -0.15) is 4.85 Å². The number of hydrogen-bond donors (Lipinski definition) is 0. The highest BCUT2D eigenvalue weighted by molar-refractivity contribution is 5.27. The molecule has 0 saturated carbocycles. The minimum atomic E-state index is 0.252. The van der Waals surface area contributed by atoms with E-state index in [4.69, 9.17) is 11.0 Å². The van der Waals surface area contributed by atoms with Gasteiger partial charge < -0.3 is 4.42 Å². The predicted molar refractivity (Wildman–Crippen MR) is 27.5 cm³/mol. The molecule has 3 heteroatoms. The van der Waals surface area contributed by atoms with E-state index in [0.29, 0.717) is 5.89 Å². The SMILES string of the molecule is [C-]#[N+]c1cnc(C)o1. The lowest BCUT2D eigenvalue weighted by molar-refractivity contribution is 0.542. The van der Waals surface area contributed by atoms with Gasteiger partial charge in [0.05, 0.1) is 12.8 Å². The average Bonchev–Trinajstić information content (AvgIpc) is 2.14. The molecule has 0 aromatic carbocycles. The van der Waals surface area contributed by atoms with E-state index < -0.39 is 0 Å². The summed E-state index contributed by atoms with van der Waals surface area (Å²) in [5.41, 5.74) is 0. The highest BCUT2D eigenvalue weighted by Gasteiger charge is 1.93. The van der Waals surface area contributed by atoms with E-state index >= 15 is 0 Å². The average molecular weight is 108 g/mol. The van der Waals surface area contributed by atoms with E-state index in [1.54, 1.807) is 6.92 Å². The van der Waals surface area contributed by atoms with Crippen molar-refractivity contribution < 1.29 is 4.42 Å². The molecule has 0 bridgehead atoms. The Kier molecular flexibility index (Phi) is 1.01. The minimum Gasteiger partial charge on any atom is -0.467 e. The predicted octanol–water partition coefficient (Wildman–Crippen LogP) is 1.53. The van der Waals surface area contributed by atoms with Gasteiger partial charge in [0, 0.05) is 6.92 Å². The molecule has 40 valence electrons. The Hall–Kier alpha value is -1.30. The van der Waals surface area contributed by atoms with Crippen LogP contribution in [0.4, 0.5) is 5.88 Å². The molecule has 0 aliphatic rings. The third-order valence-corrected chi connectivity index (χ3v) is 0.719. The fourth-order valence-electron chi connectivity index (χ4n) is 0.402. The third kappa shape index (κ3) is 0.684. The molecule has 8 heavy (non-hydrogen) atoms. The summed E-state index contributed by atoms with van der Waals surface area (Å²) in [6.07, 6.45) is 1.41. The summed E-state index contributed by atoms with van der Waals surface area (Å²) in [6.45, 7) is 8.15. The zero-order valence-corrected chi connectivity index (χ0v) is 4.38. The molecule has 0 saturated heterocycles. The highest BCUT2D eigenvalue weighted by atomic mass is 16.4. The van der Waals surface area contributed by atoms with Crippen LogP contribution in [-0.2, 0) is 0 Å². The topological polar surface area (TPSA) is 30.4 Å². The largest absolute Gasteiger partial charge is 0.467 e. The highest BCUT2D eigenvalue weighted by Crippen LogP contribution is 2.10. The third-order valence-electron chi connectivity index (χ3n) is 0.719. The zero-order chi connectivity index (χ0) is 5.98. The van der Waals surface area contributed by atoms with Crippen LogP contribution < -0.4 is 0 Å². The fraction of sp³-hybridized carbons (Fsp3) is 0.200. The first-order valence-corrected chi connectivity index (χ1v) is 2.13. The summed E-state index contributed by atoms with van der Waals surface area (Å²) >= 11 is 0. The number of oxazole rings is 1. The first kappa shape index (κ1) is 4.85. The van der Waals surface area contributed by atoms with Crippen molar-refractivity contribution in [1.29, 1.82) is 0 Å². The molecule has 0 spiro atoms. The molecule has 3 nitrogen and oxygen atoms in total. The van der Waals surface area contributed by atoms with E-state index in [-0.39, 0.29) is 5.88 Å². The maximum absolute atomic E-state index is 6.45. The molecular formula is C5H4N2O. The normalized spacial score (nSPS) is 8.50. The Labute approximate surface area is 46.8 Å². The molecule has 0 radical (unpaired) electrons. The van der Waals surface area contributed by atoms with Crippen LogP contribution in [0.25, 0.3) is 4.85 Å². The van der Waals surface area contributed by atoms with Crippen LogP contribution in [0.1, 0.15) is 5.89 Å². The van der Waals surface area contributed by atoms with Gasteiger partial charge in [0.1, 0.15) is 0 Å². The summed E-state index contributed by atoms with van der Waals surface area (Å²) in [7, 11) is 0. The molecule has 1 aromatic rings. The molecule has 0 unspecified atom stereocenters. The number of aryl methyl sites for hydroxylation is 1. The van der Waals surface area contributed by atoms with E-state index in [2.05, 4.69) is 9.83 Å². The standard InChI is InChI=1S/C5H4N2O/c1-4-7-3-5(6-2)8-4/h3H,1H3. The maximum Gasteiger partial charge on any atom is 0.365 e. The molecule has 0 fully saturated rings. The number of nitrogens with zero attached hydrogens (tertiary/aromatic N) is 2. The maximum atomic E-state index is 6.45.